The van der Waals surface area contributed by atoms with Gasteiger partial charge in [-0.2, -0.15) is 0 Å². The van der Waals surface area contributed by atoms with Crippen LogP contribution in [-0.4, -0.2) is 69.5 Å². The van der Waals surface area contributed by atoms with Crippen molar-refractivity contribution < 1.29 is 39.5 Å². The molecular weight excluding hydrogens is 560 g/mol. The average Bonchev–Trinajstić information content (AvgIpc) is 2.94. The zero-order valence-corrected chi connectivity index (χ0v) is 27.9. The first-order chi connectivity index (χ1) is 20.4. The molecule has 1 heterocycles. The van der Waals surface area contributed by atoms with E-state index in [1.54, 1.807) is 0 Å². The number of aliphatic carboxylic acids is 1. The van der Waals surface area contributed by atoms with Gasteiger partial charge in [-0.15, -0.1) is 0 Å². The van der Waals surface area contributed by atoms with Gasteiger partial charge >= 0.3 is 5.97 Å². The topological polar surface area (TPSA) is 134 Å². The quantitative estimate of drug-likeness (QED) is 0.314. The fourth-order valence-electron chi connectivity index (χ4n) is 11.9. The Morgan fingerprint density at radius 1 is 0.977 bits per heavy atom. The molecule has 5 aliphatic carbocycles. The molecule has 1 saturated heterocycles. The summed E-state index contributed by atoms with van der Waals surface area (Å²) in [6, 6.07) is 0. The molecule has 0 aromatic rings. The molecule has 0 unspecified atom stereocenters. The van der Waals surface area contributed by atoms with Gasteiger partial charge in [0.15, 0.2) is 12.1 Å². The number of rotatable bonds is 4. The highest BCUT2D eigenvalue weighted by molar-refractivity contribution is 5.95. The van der Waals surface area contributed by atoms with E-state index in [2.05, 4.69) is 41.5 Å². The molecule has 0 spiro atoms. The van der Waals surface area contributed by atoms with Crippen molar-refractivity contribution in [2.75, 3.05) is 6.61 Å². The van der Waals surface area contributed by atoms with Gasteiger partial charge in [0, 0.05) is 12.3 Å². The second-order valence-corrected chi connectivity index (χ2v) is 17.6. The van der Waals surface area contributed by atoms with Crippen molar-refractivity contribution in [1.29, 1.82) is 0 Å². The van der Waals surface area contributed by atoms with Crippen LogP contribution in [0, 0.1) is 50.2 Å². The van der Waals surface area contributed by atoms with Crippen molar-refractivity contribution in [3.63, 3.8) is 0 Å². The van der Waals surface area contributed by atoms with Crippen LogP contribution in [0.4, 0.5) is 0 Å². The Morgan fingerprint density at radius 2 is 1.66 bits per heavy atom. The first-order valence-electron chi connectivity index (χ1n) is 17.1. The van der Waals surface area contributed by atoms with Gasteiger partial charge in [0.05, 0.1) is 24.2 Å². The van der Waals surface area contributed by atoms with Crippen molar-refractivity contribution in [2.45, 2.75) is 143 Å². The highest BCUT2D eigenvalue weighted by atomic mass is 16.7. The summed E-state index contributed by atoms with van der Waals surface area (Å²) < 4.78 is 12.4. The number of ether oxygens (including phenoxy) is 2. The number of ketones is 1. The second kappa shape index (κ2) is 10.3. The van der Waals surface area contributed by atoms with Crippen molar-refractivity contribution in [1.82, 2.24) is 0 Å². The van der Waals surface area contributed by atoms with Gasteiger partial charge in [0.2, 0.25) is 0 Å². The maximum atomic E-state index is 14.6. The second-order valence-electron chi connectivity index (χ2n) is 17.6. The lowest BCUT2D eigenvalue weighted by atomic mass is 9.33. The molecule has 248 valence electrons. The van der Waals surface area contributed by atoms with Crippen LogP contribution >= 0.6 is 0 Å². The molecule has 8 nitrogen and oxygen atoms in total. The van der Waals surface area contributed by atoms with Crippen LogP contribution in [0.5, 0.6) is 0 Å². The van der Waals surface area contributed by atoms with E-state index in [-0.39, 0.29) is 69.7 Å². The maximum Gasteiger partial charge on any atom is 0.309 e. The highest BCUT2D eigenvalue weighted by Gasteiger charge is 2.70. The Labute approximate surface area is 263 Å². The van der Waals surface area contributed by atoms with Crippen LogP contribution in [0.25, 0.3) is 0 Å². The molecule has 0 radical (unpaired) electrons. The third kappa shape index (κ3) is 4.40. The van der Waals surface area contributed by atoms with Gasteiger partial charge in [-0.3, -0.25) is 9.59 Å². The van der Waals surface area contributed by atoms with E-state index in [4.69, 9.17) is 9.47 Å². The van der Waals surface area contributed by atoms with Gasteiger partial charge in [-0.05, 0) is 110 Å². The van der Waals surface area contributed by atoms with Crippen LogP contribution in [-0.2, 0) is 19.1 Å². The van der Waals surface area contributed by atoms with Crippen LogP contribution < -0.4 is 0 Å². The third-order valence-corrected chi connectivity index (χ3v) is 15.1. The summed E-state index contributed by atoms with van der Waals surface area (Å²) in [5, 5.41) is 40.4. The summed E-state index contributed by atoms with van der Waals surface area (Å²) in [5.41, 5.74) is -0.373. The molecule has 0 amide bonds. The standard InChI is InChI=1S/C36H56O8/c1-31(2)25-8-11-36(7)29(34(25,5)10-9-26(31)44-27-17-22(38)28(40)24(19-37)43-27)23(39)16-20-21-18-33(4,30(41)42)13-12-32(21,3)14-15-35(20,36)6/h16,21-22,24-29,37-38,40H,8-15,17-19H2,1-7H3,(H,41,42)/t21-,22+,24+,25-,26-,27+,28-,29+,32+,33-,34-,35+,36+/m0/s1. The summed E-state index contributed by atoms with van der Waals surface area (Å²) >= 11 is 0. The lowest BCUT2D eigenvalue weighted by molar-refractivity contribution is -0.296. The van der Waals surface area contributed by atoms with Crippen LogP contribution in [0.2, 0.25) is 0 Å². The number of hydrogen-bond acceptors (Lipinski definition) is 7. The number of carboxylic acid groups (broad SMARTS) is 1. The molecule has 4 N–H and O–H groups in total. The van der Waals surface area contributed by atoms with E-state index < -0.39 is 36.0 Å². The van der Waals surface area contributed by atoms with Crippen molar-refractivity contribution >= 4 is 11.8 Å². The molecule has 0 aromatic heterocycles. The molecule has 0 aromatic carbocycles. The van der Waals surface area contributed by atoms with E-state index in [9.17, 15) is 30.0 Å². The minimum absolute atomic E-state index is 0.0299. The molecule has 8 heteroatoms. The Kier molecular flexibility index (Phi) is 7.66. The van der Waals surface area contributed by atoms with Crippen molar-refractivity contribution in [2.24, 2.45) is 50.2 Å². The van der Waals surface area contributed by atoms with Crippen molar-refractivity contribution in [3.8, 4) is 0 Å². The number of carboxylic acids is 1. The Hall–Kier alpha value is -1.32. The summed E-state index contributed by atoms with van der Waals surface area (Å²) in [6.45, 7) is 15.4. The monoisotopic (exact) mass is 616 g/mol. The number of carbonyl (C=O) groups excluding carboxylic acids is 1. The van der Waals surface area contributed by atoms with E-state index >= 15 is 0 Å². The molecule has 1 aliphatic heterocycles. The molecule has 13 atom stereocenters. The highest BCUT2D eigenvalue weighted by Crippen LogP contribution is 2.75. The minimum Gasteiger partial charge on any atom is -0.481 e. The first-order valence-corrected chi connectivity index (χ1v) is 17.1. The van der Waals surface area contributed by atoms with Gasteiger partial charge in [0.25, 0.3) is 0 Å². The Balaban J connectivity index is 1.31. The maximum absolute atomic E-state index is 14.6. The van der Waals surface area contributed by atoms with Gasteiger partial charge in [0.1, 0.15) is 12.2 Å². The van der Waals surface area contributed by atoms with E-state index in [0.717, 1.165) is 44.9 Å². The normalized spacial score (nSPS) is 53.4. The van der Waals surface area contributed by atoms with E-state index in [1.165, 1.54) is 5.57 Å². The predicted molar refractivity (Wildman–Crippen MR) is 164 cm³/mol. The molecule has 0 bridgehead atoms. The van der Waals surface area contributed by atoms with Gasteiger partial charge in [-0.1, -0.05) is 47.1 Å². The first kappa shape index (κ1) is 32.6. The SMILES string of the molecule is CC1(C)[C@@H](O[C@@H]2C[C@@H](O)[C@H](O)[C@@H](CO)O2)CC[C@]2(C)[C@H]3C(=O)C=C4[C@@H]5C[C@@](C)(C(=O)O)CC[C@]5(C)CC[C@@]4(C)[C@]3(C)CC[C@@H]12. The number of allylic oxidation sites excluding steroid dienone is 2. The molecule has 44 heavy (non-hydrogen) atoms. The lowest BCUT2D eigenvalue weighted by Crippen LogP contribution is -2.67. The van der Waals surface area contributed by atoms with Crippen molar-refractivity contribution in [3.05, 3.63) is 11.6 Å². The smallest absolute Gasteiger partial charge is 0.309 e. The van der Waals surface area contributed by atoms with Crippen LogP contribution in [0.1, 0.15) is 113 Å². The average molecular weight is 617 g/mol. The number of hydrogen-bond donors (Lipinski definition) is 4. The summed E-state index contributed by atoms with van der Waals surface area (Å²) in [7, 11) is 0. The van der Waals surface area contributed by atoms with E-state index in [1.807, 2.05) is 13.0 Å². The predicted octanol–water partition coefficient (Wildman–Crippen LogP) is 5.27. The largest absolute Gasteiger partial charge is 0.481 e. The van der Waals surface area contributed by atoms with Crippen LogP contribution in [0.3, 0.4) is 0 Å². The summed E-state index contributed by atoms with van der Waals surface area (Å²) in [4.78, 5) is 27.0. The number of carbonyl (C=O) groups is 2. The number of fused-ring (bicyclic) bond motifs is 7. The minimum atomic E-state index is -1.14. The fraction of sp³-hybridized carbons (Fsp3) is 0.889. The zero-order valence-electron chi connectivity index (χ0n) is 27.9. The molecule has 5 fully saturated rings. The summed E-state index contributed by atoms with van der Waals surface area (Å²) in [5.74, 6) is -0.267. The Bertz CT molecular complexity index is 1230. The molecule has 6 aliphatic rings. The van der Waals surface area contributed by atoms with Gasteiger partial charge < -0.3 is 29.9 Å². The zero-order chi connectivity index (χ0) is 32.3. The number of aliphatic hydroxyl groups is 3. The third-order valence-electron chi connectivity index (χ3n) is 15.1. The van der Waals surface area contributed by atoms with Gasteiger partial charge in [-0.25, -0.2) is 0 Å². The Morgan fingerprint density at radius 3 is 2.32 bits per heavy atom. The molecule has 6 rings (SSSR count). The summed E-state index contributed by atoms with van der Waals surface area (Å²) in [6.07, 6.45) is 6.05. The lowest BCUT2D eigenvalue weighted by Gasteiger charge is -2.70. The fourth-order valence-corrected chi connectivity index (χ4v) is 11.9. The molecule has 4 saturated carbocycles. The molecular formula is C36H56O8. The van der Waals surface area contributed by atoms with Crippen LogP contribution in [0.15, 0.2) is 11.6 Å². The van der Waals surface area contributed by atoms with E-state index in [0.29, 0.717) is 12.8 Å². The number of aliphatic hydroxyl groups excluding tert-OH is 3.